The second-order valence-corrected chi connectivity index (χ2v) is 7.18. The molecule has 2 amide bonds. The molecule has 1 aromatic heterocycles. The summed E-state index contributed by atoms with van der Waals surface area (Å²) < 4.78 is 1.82. The maximum Gasteiger partial charge on any atom is 0.253 e. The Morgan fingerprint density at radius 1 is 1.26 bits per heavy atom. The van der Waals surface area contributed by atoms with Crippen molar-refractivity contribution in [1.82, 2.24) is 25.1 Å². The molecule has 27 heavy (non-hydrogen) atoms. The van der Waals surface area contributed by atoms with Crippen LogP contribution in [0.2, 0.25) is 0 Å². The number of hydrogen-bond donors (Lipinski definition) is 2. The van der Waals surface area contributed by atoms with E-state index in [1.165, 1.54) is 13.3 Å². The molecule has 7 heteroatoms. The van der Waals surface area contributed by atoms with Gasteiger partial charge in [0.2, 0.25) is 5.91 Å². The highest BCUT2D eigenvalue weighted by atomic mass is 16.2. The van der Waals surface area contributed by atoms with Gasteiger partial charge in [-0.05, 0) is 44.5 Å². The van der Waals surface area contributed by atoms with E-state index < -0.39 is 0 Å². The average Bonchev–Trinajstić information content (AvgIpc) is 3.13. The van der Waals surface area contributed by atoms with Crippen LogP contribution in [0.4, 0.5) is 0 Å². The summed E-state index contributed by atoms with van der Waals surface area (Å²) in [6.45, 7) is 4.69. The summed E-state index contributed by atoms with van der Waals surface area (Å²) in [7, 11) is 2.13. The minimum Gasteiger partial charge on any atom is -0.352 e. The van der Waals surface area contributed by atoms with Crippen LogP contribution in [0, 0.1) is 5.92 Å². The van der Waals surface area contributed by atoms with Gasteiger partial charge in [-0.15, -0.1) is 0 Å². The largest absolute Gasteiger partial charge is 0.352 e. The van der Waals surface area contributed by atoms with Gasteiger partial charge in [-0.1, -0.05) is 12.1 Å². The third-order valence-corrected chi connectivity index (χ3v) is 4.85. The van der Waals surface area contributed by atoms with E-state index in [0.29, 0.717) is 24.6 Å². The van der Waals surface area contributed by atoms with Crippen molar-refractivity contribution < 1.29 is 9.59 Å². The van der Waals surface area contributed by atoms with E-state index in [9.17, 15) is 9.59 Å². The minimum atomic E-state index is -0.0994. The van der Waals surface area contributed by atoms with E-state index in [1.807, 2.05) is 35.0 Å². The summed E-state index contributed by atoms with van der Waals surface area (Å²) in [5, 5.41) is 5.82. The van der Waals surface area contributed by atoms with Crippen molar-refractivity contribution in [3.05, 3.63) is 48.0 Å². The minimum absolute atomic E-state index is 0.0732. The fourth-order valence-electron chi connectivity index (χ4n) is 3.46. The number of benzene rings is 1. The lowest BCUT2D eigenvalue weighted by atomic mass is 9.98. The predicted molar refractivity (Wildman–Crippen MR) is 104 cm³/mol. The molecule has 1 aliphatic rings. The first-order chi connectivity index (χ1) is 13.0. The number of carbonyl (C=O) groups excluding carboxylic acids is 2. The lowest BCUT2D eigenvalue weighted by molar-refractivity contribution is -0.119. The Morgan fingerprint density at radius 3 is 2.85 bits per heavy atom. The number of aromatic nitrogens is 2. The molecule has 1 unspecified atom stereocenters. The molecular weight excluding hydrogens is 342 g/mol. The second-order valence-electron chi connectivity index (χ2n) is 7.18. The predicted octanol–water partition coefficient (Wildman–Crippen LogP) is 1.58. The van der Waals surface area contributed by atoms with Crippen molar-refractivity contribution >= 4 is 11.8 Å². The summed E-state index contributed by atoms with van der Waals surface area (Å²) in [5.41, 5.74) is 2.13. The van der Waals surface area contributed by atoms with Gasteiger partial charge in [0.25, 0.3) is 5.91 Å². The van der Waals surface area contributed by atoms with E-state index in [2.05, 4.69) is 27.6 Å². The molecule has 0 spiro atoms. The lowest BCUT2D eigenvalue weighted by Gasteiger charge is -2.29. The normalized spacial score (nSPS) is 17.5. The maximum atomic E-state index is 12.8. The Hall–Kier alpha value is -2.67. The molecule has 1 saturated heterocycles. The van der Waals surface area contributed by atoms with E-state index >= 15 is 0 Å². The van der Waals surface area contributed by atoms with Crippen LogP contribution in [-0.4, -0.2) is 52.9 Å². The number of nitrogens with one attached hydrogen (secondary N) is 2. The zero-order valence-electron chi connectivity index (χ0n) is 15.9. The topological polar surface area (TPSA) is 79.3 Å². The Labute approximate surface area is 159 Å². The van der Waals surface area contributed by atoms with Crippen LogP contribution in [0.3, 0.4) is 0 Å². The molecular formula is C20H27N5O2. The highest BCUT2D eigenvalue weighted by Crippen LogP contribution is 2.17. The van der Waals surface area contributed by atoms with Gasteiger partial charge in [0.1, 0.15) is 0 Å². The monoisotopic (exact) mass is 369 g/mol. The first-order valence-corrected chi connectivity index (χ1v) is 9.36. The van der Waals surface area contributed by atoms with Crippen LogP contribution in [0.15, 0.2) is 36.8 Å². The lowest BCUT2D eigenvalue weighted by Crippen LogP contribution is -2.39. The van der Waals surface area contributed by atoms with Crippen LogP contribution in [0.25, 0.3) is 5.69 Å². The number of piperidine rings is 1. The summed E-state index contributed by atoms with van der Waals surface area (Å²) in [5.74, 6) is 0.325. The third-order valence-electron chi connectivity index (χ3n) is 4.85. The highest BCUT2D eigenvalue weighted by molar-refractivity contribution is 5.97. The standard InChI is InChI=1S/C20H27N5O2/c1-15(26)21-11-17-13-25(14-23-17)19-8-4-3-7-18(19)20(27)22-10-16-6-5-9-24(2)12-16/h3-4,7-8,13-14,16H,5-6,9-12H2,1-2H3,(H,21,26)(H,22,27). The number of rotatable bonds is 6. The summed E-state index contributed by atoms with van der Waals surface area (Å²) in [6.07, 6.45) is 5.83. The van der Waals surface area contributed by atoms with Crippen molar-refractivity contribution in [2.45, 2.75) is 26.3 Å². The smallest absolute Gasteiger partial charge is 0.253 e. The van der Waals surface area contributed by atoms with Crippen molar-refractivity contribution in [2.75, 3.05) is 26.7 Å². The Bertz CT molecular complexity index is 801. The first-order valence-electron chi connectivity index (χ1n) is 9.36. The molecule has 0 radical (unpaired) electrons. The Morgan fingerprint density at radius 2 is 2.07 bits per heavy atom. The molecule has 2 heterocycles. The maximum absolute atomic E-state index is 12.8. The number of hydrogen-bond acceptors (Lipinski definition) is 4. The fourth-order valence-corrected chi connectivity index (χ4v) is 3.46. The van der Waals surface area contributed by atoms with Gasteiger partial charge in [0.15, 0.2) is 0 Å². The summed E-state index contributed by atoms with van der Waals surface area (Å²) in [4.78, 5) is 30.4. The molecule has 1 aromatic carbocycles. The van der Waals surface area contributed by atoms with E-state index in [-0.39, 0.29) is 11.8 Å². The van der Waals surface area contributed by atoms with Crippen LogP contribution >= 0.6 is 0 Å². The van der Waals surface area contributed by atoms with Crippen molar-refractivity contribution in [3.63, 3.8) is 0 Å². The SMILES string of the molecule is CC(=O)NCc1cn(-c2ccccc2C(=O)NCC2CCCN(C)C2)cn1. The van der Waals surface area contributed by atoms with Crippen LogP contribution in [-0.2, 0) is 11.3 Å². The molecule has 1 atom stereocenters. The third kappa shape index (κ3) is 5.17. The molecule has 7 nitrogen and oxygen atoms in total. The molecule has 1 fully saturated rings. The van der Waals surface area contributed by atoms with Crippen molar-refractivity contribution in [1.29, 1.82) is 0 Å². The Kier molecular flexibility index (Phi) is 6.24. The molecule has 0 saturated carbocycles. The molecule has 2 aromatic rings. The fraction of sp³-hybridized carbons (Fsp3) is 0.450. The van der Waals surface area contributed by atoms with Gasteiger partial charge in [-0.25, -0.2) is 4.98 Å². The molecule has 144 valence electrons. The summed E-state index contributed by atoms with van der Waals surface area (Å²) in [6, 6.07) is 7.48. The second kappa shape index (κ2) is 8.81. The first kappa shape index (κ1) is 19.1. The average molecular weight is 369 g/mol. The molecule has 0 aliphatic carbocycles. The molecule has 1 aliphatic heterocycles. The molecule has 0 bridgehead atoms. The zero-order valence-corrected chi connectivity index (χ0v) is 15.9. The van der Waals surface area contributed by atoms with Crippen LogP contribution in [0.1, 0.15) is 35.8 Å². The zero-order chi connectivity index (χ0) is 19.2. The van der Waals surface area contributed by atoms with Gasteiger partial charge < -0.3 is 20.1 Å². The van der Waals surface area contributed by atoms with Crippen molar-refractivity contribution in [2.24, 2.45) is 5.92 Å². The van der Waals surface area contributed by atoms with Crippen LogP contribution < -0.4 is 10.6 Å². The quantitative estimate of drug-likeness (QED) is 0.810. The Balaban J connectivity index is 1.68. The van der Waals surface area contributed by atoms with E-state index in [0.717, 1.165) is 30.9 Å². The number of nitrogens with zero attached hydrogens (tertiary/aromatic N) is 3. The number of imidazole rings is 1. The number of para-hydroxylation sites is 1. The highest BCUT2D eigenvalue weighted by Gasteiger charge is 2.19. The van der Waals surface area contributed by atoms with Gasteiger partial charge in [-0.3, -0.25) is 9.59 Å². The van der Waals surface area contributed by atoms with Crippen molar-refractivity contribution in [3.8, 4) is 5.69 Å². The van der Waals surface area contributed by atoms with Gasteiger partial charge in [-0.2, -0.15) is 0 Å². The van der Waals surface area contributed by atoms with E-state index in [4.69, 9.17) is 0 Å². The number of carbonyl (C=O) groups is 2. The number of amides is 2. The van der Waals surface area contributed by atoms with Gasteiger partial charge in [0, 0.05) is 26.2 Å². The molecule has 3 rings (SSSR count). The van der Waals surface area contributed by atoms with Gasteiger partial charge >= 0.3 is 0 Å². The van der Waals surface area contributed by atoms with Gasteiger partial charge in [0.05, 0.1) is 29.8 Å². The summed E-state index contributed by atoms with van der Waals surface area (Å²) >= 11 is 0. The van der Waals surface area contributed by atoms with Crippen LogP contribution in [0.5, 0.6) is 0 Å². The van der Waals surface area contributed by atoms with E-state index in [1.54, 1.807) is 6.33 Å². The number of likely N-dealkylation sites (tertiary alicyclic amines) is 1. The molecule has 2 N–H and O–H groups in total.